The van der Waals surface area contributed by atoms with Crippen LogP contribution in [-0.4, -0.2) is 22.2 Å². The topological polar surface area (TPSA) is 20.3 Å². The van der Waals surface area contributed by atoms with Gasteiger partial charge in [-0.2, -0.15) is 0 Å². The number of hydrogen-bond acceptors (Lipinski definition) is 1. The van der Waals surface area contributed by atoms with E-state index >= 15 is 0 Å². The Hall–Kier alpha value is -0.830. The fraction of sp³-hybridized carbons (Fsp3) is 0.462. The monoisotopic (exact) mass is 281 g/mol. The van der Waals surface area contributed by atoms with E-state index in [1.54, 1.807) is 0 Å². The van der Waals surface area contributed by atoms with E-state index in [4.69, 9.17) is 0 Å². The molecule has 2 rings (SSSR count). The molecule has 0 radical (unpaired) electrons. The zero-order valence-corrected chi connectivity index (χ0v) is 11.2. The molecule has 1 heterocycles. The number of hydrogen-bond donors (Lipinski definition) is 0. The smallest absolute Gasteiger partial charge is 0.224 e. The van der Waals surface area contributed by atoms with Crippen LogP contribution in [0.2, 0.25) is 0 Å². The number of amides is 1. The summed E-state index contributed by atoms with van der Waals surface area (Å²) >= 11 is 3.52. The van der Waals surface area contributed by atoms with Crippen molar-refractivity contribution in [2.24, 2.45) is 0 Å². The molecule has 0 aromatic heterocycles. The van der Waals surface area contributed by atoms with Gasteiger partial charge in [-0.25, -0.2) is 0 Å². The van der Waals surface area contributed by atoms with E-state index in [1.165, 1.54) is 5.56 Å². The summed E-state index contributed by atoms with van der Waals surface area (Å²) in [6, 6.07) is 10.2. The van der Waals surface area contributed by atoms with Crippen LogP contribution in [0.1, 0.15) is 25.8 Å². The van der Waals surface area contributed by atoms with Crippen LogP contribution >= 0.6 is 15.9 Å². The Morgan fingerprint density at radius 1 is 1.31 bits per heavy atom. The van der Waals surface area contributed by atoms with Crippen molar-refractivity contribution in [3.8, 4) is 0 Å². The SMILES string of the molecule is CC(C)(c1ccccc1)N1CC(Br)CC1=O. The fourth-order valence-electron chi connectivity index (χ4n) is 2.21. The van der Waals surface area contributed by atoms with Crippen molar-refractivity contribution in [1.29, 1.82) is 0 Å². The van der Waals surface area contributed by atoms with Crippen molar-refractivity contribution >= 4 is 21.8 Å². The van der Waals surface area contributed by atoms with Crippen molar-refractivity contribution in [3.05, 3.63) is 35.9 Å². The second-order valence-electron chi connectivity index (χ2n) is 4.73. The third-order valence-electron chi connectivity index (χ3n) is 3.23. The predicted molar refractivity (Wildman–Crippen MR) is 68.5 cm³/mol. The van der Waals surface area contributed by atoms with Gasteiger partial charge in [-0.15, -0.1) is 0 Å². The lowest BCUT2D eigenvalue weighted by atomic mass is 9.92. The molecule has 0 bridgehead atoms. The lowest BCUT2D eigenvalue weighted by Gasteiger charge is -2.36. The van der Waals surface area contributed by atoms with E-state index in [1.807, 2.05) is 23.1 Å². The Morgan fingerprint density at radius 3 is 2.44 bits per heavy atom. The third-order valence-corrected chi connectivity index (χ3v) is 3.85. The Bertz CT molecular complexity index is 388. The van der Waals surface area contributed by atoms with Gasteiger partial charge in [0.05, 0.1) is 5.54 Å². The Kier molecular flexibility index (Phi) is 3.06. The molecule has 0 spiro atoms. The molecule has 1 saturated heterocycles. The van der Waals surface area contributed by atoms with Crippen LogP contribution in [0.4, 0.5) is 0 Å². The number of rotatable bonds is 2. The molecule has 2 nitrogen and oxygen atoms in total. The highest BCUT2D eigenvalue weighted by Gasteiger charge is 2.38. The molecule has 0 aliphatic carbocycles. The van der Waals surface area contributed by atoms with Crippen LogP contribution in [0.25, 0.3) is 0 Å². The van der Waals surface area contributed by atoms with Crippen molar-refractivity contribution in [1.82, 2.24) is 4.90 Å². The van der Waals surface area contributed by atoms with Crippen molar-refractivity contribution in [2.75, 3.05) is 6.54 Å². The number of carbonyl (C=O) groups excluding carboxylic acids is 1. The highest BCUT2D eigenvalue weighted by Crippen LogP contribution is 2.33. The first-order valence-corrected chi connectivity index (χ1v) is 6.43. The minimum absolute atomic E-state index is 0.221. The third kappa shape index (κ3) is 2.01. The van der Waals surface area contributed by atoms with E-state index in [0.717, 1.165) is 6.54 Å². The summed E-state index contributed by atoms with van der Waals surface area (Å²) in [4.78, 5) is 14.2. The number of likely N-dealkylation sites (tertiary alicyclic amines) is 1. The molecule has 86 valence electrons. The van der Waals surface area contributed by atoms with E-state index < -0.39 is 0 Å². The Labute approximate surface area is 105 Å². The van der Waals surface area contributed by atoms with E-state index in [9.17, 15) is 4.79 Å². The van der Waals surface area contributed by atoms with Gasteiger partial charge in [0.2, 0.25) is 5.91 Å². The average molecular weight is 282 g/mol. The number of nitrogens with zero attached hydrogens (tertiary/aromatic N) is 1. The first-order valence-electron chi connectivity index (χ1n) is 5.52. The second kappa shape index (κ2) is 4.21. The van der Waals surface area contributed by atoms with Crippen LogP contribution in [0.15, 0.2) is 30.3 Å². The molecule has 3 heteroatoms. The van der Waals surface area contributed by atoms with Gasteiger partial charge >= 0.3 is 0 Å². The summed E-state index contributed by atoms with van der Waals surface area (Å²) in [6.07, 6.45) is 0.607. The van der Waals surface area contributed by atoms with Gasteiger partial charge in [-0.1, -0.05) is 46.3 Å². The Balaban J connectivity index is 2.29. The summed E-state index contributed by atoms with van der Waals surface area (Å²) in [5.74, 6) is 0.232. The molecule has 16 heavy (non-hydrogen) atoms. The molecule has 1 aliphatic heterocycles. The summed E-state index contributed by atoms with van der Waals surface area (Å²) < 4.78 is 0. The summed E-state index contributed by atoms with van der Waals surface area (Å²) in [5.41, 5.74) is 0.964. The van der Waals surface area contributed by atoms with Crippen LogP contribution in [0.5, 0.6) is 0 Å². The van der Waals surface area contributed by atoms with Gasteiger partial charge < -0.3 is 4.90 Å². The van der Waals surface area contributed by atoms with Gasteiger partial charge in [0, 0.05) is 17.8 Å². The maximum Gasteiger partial charge on any atom is 0.224 e. The van der Waals surface area contributed by atoms with Crippen LogP contribution in [-0.2, 0) is 10.3 Å². The minimum Gasteiger partial charge on any atom is -0.332 e. The first kappa shape index (κ1) is 11.6. The first-order chi connectivity index (χ1) is 7.51. The maximum absolute atomic E-state index is 11.9. The zero-order chi connectivity index (χ0) is 11.8. The molecule has 1 aromatic carbocycles. The van der Waals surface area contributed by atoms with Crippen LogP contribution < -0.4 is 0 Å². The van der Waals surface area contributed by atoms with Crippen molar-refractivity contribution in [3.63, 3.8) is 0 Å². The molecule has 1 unspecified atom stereocenters. The highest BCUT2D eigenvalue weighted by molar-refractivity contribution is 9.09. The normalized spacial score (nSPS) is 21.6. The van der Waals surface area contributed by atoms with Gasteiger partial charge in [0.1, 0.15) is 0 Å². The number of halogens is 1. The molecular formula is C13H16BrNO. The Morgan fingerprint density at radius 2 is 1.94 bits per heavy atom. The van der Waals surface area contributed by atoms with E-state index in [-0.39, 0.29) is 11.4 Å². The lowest BCUT2D eigenvalue weighted by Crippen LogP contribution is -2.42. The molecule has 1 atom stereocenters. The standard InChI is InChI=1S/C13H16BrNO/c1-13(2,10-6-4-3-5-7-10)15-9-11(14)8-12(15)16/h3-7,11H,8-9H2,1-2H3. The summed E-state index contributed by atoms with van der Waals surface area (Å²) in [7, 11) is 0. The number of alkyl halides is 1. The molecule has 0 N–H and O–H groups in total. The zero-order valence-electron chi connectivity index (χ0n) is 9.61. The van der Waals surface area contributed by atoms with Gasteiger partial charge in [0.25, 0.3) is 0 Å². The molecule has 0 saturated carbocycles. The fourth-order valence-corrected chi connectivity index (χ4v) is 2.77. The molecule has 1 aliphatic rings. The summed E-state index contributed by atoms with van der Waals surface area (Å²) in [6.45, 7) is 5.00. The molecule has 1 fully saturated rings. The molecule has 1 aromatic rings. The van der Waals surface area contributed by atoms with Gasteiger partial charge in [-0.3, -0.25) is 4.79 Å². The average Bonchev–Trinajstić information content (AvgIpc) is 2.60. The largest absolute Gasteiger partial charge is 0.332 e. The second-order valence-corrected chi connectivity index (χ2v) is 6.03. The van der Waals surface area contributed by atoms with Crippen LogP contribution in [0, 0.1) is 0 Å². The van der Waals surface area contributed by atoms with Crippen molar-refractivity contribution in [2.45, 2.75) is 30.6 Å². The van der Waals surface area contributed by atoms with Crippen LogP contribution in [0.3, 0.4) is 0 Å². The molecule has 1 amide bonds. The van der Waals surface area contributed by atoms with E-state index in [2.05, 4.69) is 41.9 Å². The minimum atomic E-state index is -0.221. The molecular weight excluding hydrogens is 266 g/mol. The number of carbonyl (C=O) groups is 1. The number of benzene rings is 1. The van der Waals surface area contributed by atoms with Gasteiger partial charge in [0.15, 0.2) is 0 Å². The van der Waals surface area contributed by atoms with Crippen molar-refractivity contribution < 1.29 is 4.79 Å². The van der Waals surface area contributed by atoms with E-state index in [0.29, 0.717) is 11.2 Å². The predicted octanol–water partition coefficient (Wildman–Crippen LogP) is 2.92. The highest BCUT2D eigenvalue weighted by atomic mass is 79.9. The quantitative estimate of drug-likeness (QED) is 0.764. The lowest BCUT2D eigenvalue weighted by molar-refractivity contribution is -0.132. The maximum atomic E-state index is 11.9. The van der Waals surface area contributed by atoms with Gasteiger partial charge in [-0.05, 0) is 19.4 Å². The summed E-state index contributed by atoms with van der Waals surface area (Å²) in [5, 5.41) is 0.